The van der Waals surface area contributed by atoms with Crippen molar-refractivity contribution in [2.75, 3.05) is 13.1 Å². The average molecular weight is 269 g/mol. The molecule has 1 atom stereocenters. The minimum absolute atomic E-state index is 0.170. The first-order valence-electron chi connectivity index (χ1n) is 7.36. The molecule has 19 heavy (non-hydrogen) atoms. The molecule has 0 aromatic heterocycles. The second-order valence-electron chi connectivity index (χ2n) is 7.20. The van der Waals surface area contributed by atoms with E-state index in [0.717, 1.165) is 32.4 Å². The van der Waals surface area contributed by atoms with Gasteiger partial charge in [0.05, 0.1) is 23.2 Å². The Kier molecular flexibility index (Phi) is 3.69. The second kappa shape index (κ2) is 4.74. The molecule has 110 valence electrons. The zero-order chi connectivity index (χ0) is 14.3. The zero-order valence-corrected chi connectivity index (χ0v) is 12.7. The molecule has 0 aromatic carbocycles. The molecular formula is C15H27NO3. The van der Waals surface area contributed by atoms with E-state index >= 15 is 0 Å². The van der Waals surface area contributed by atoms with E-state index < -0.39 is 11.6 Å². The van der Waals surface area contributed by atoms with Crippen LogP contribution in [0.5, 0.6) is 0 Å². The van der Waals surface area contributed by atoms with Gasteiger partial charge in [0.25, 0.3) is 0 Å². The van der Waals surface area contributed by atoms with Crippen LogP contribution in [0.15, 0.2) is 0 Å². The number of ether oxygens (including phenoxy) is 1. The van der Waals surface area contributed by atoms with Crippen molar-refractivity contribution in [3.63, 3.8) is 0 Å². The van der Waals surface area contributed by atoms with Crippen molar-refractivity contribution in [2.45, 2.75) is 76.5 Å². The third-order valence-electron chi connectivity index (χ3n) is 4.78. The normalized spacial score (nSPS) is 34.3. The van der Waals surface area contributed by atoms with Gasteiger partial charge in [-0.3, -0.25) is 9.69 Å². The molecule has 4 nitrogen and oxygen atoms in total. The summed E-state index contributed by atoms with van der Waals surface area (Å²) in [5, 5.41) is 9.39. The smallest absolute Gasteiger partial charge is 0.305 e. The summed E-state index contributed by atoms with van der Waals surface area (Å²) in [6.45, 7) is 10.2. The van der Waals surface area contributed by atoms with Gasteiger partial charge in [-0.05, 0) is 60.0 Å². The van der Waals surface area contributed by atoms with Gasteiger partial charge in [-0.2, -0.15) is 0 Å². The van der Waals surface area contributed by atoms with Gasteiger partial charge < -0.3 is 9.84 Å². The van der Waals surface area contributed by atoms with Crippen LogP contribution < -0.4 is 0 Å². The summed E-state index contributed by atoms with van der Waals surface area (Å²) in [6, 6.07) is 0. The Morgan fingerprint density at radius 2 is 1.74 bits per heavy atom. The molecule has 2 aliphatic heterocycles. The van der Waals surface area contributed by atoms with Gasteiger partial charge in [0.2, 0.25) is 0 Å². The summed E-state index contributed by atoms with van der Waals surface area (Å²) >= 11 is 0. The molecule has 0 aliphatic carbocycles. The Balaban J connectivity index is 2.36. The molecule has 0 spiro atoms. The quantitative estimate of drug-likeness (QED) is 0.855. The van der Waals surface area contributed by atoms with Gasteiger partial charge in [-0.25, -0.2) is 0 Å². The molecule has 4 heteroatoms. The first-order chi connectivity index (χ1) is 8.69. The van der Waals surface area contributed by atoms with Crippen LogP contribution in [-0.4, -0.2) is 45.8 Å². The number of likely N-dealkylation sites (tertiary alicyclic amines) is 1. The number of nitrogens with zero attached hydrogens (tertiary/aromatic N) is 1. The average Bonchev–Trinajstić information content (AvgIpc) is 2.44. The monoisotopic (exact) mass is 269 g/mol. The lowest BCUT2D eigenvalue weighted by Gasteiger charge is -2.49. The lowest BCUT2D eigenvalue weighted by Crippen LogP contribution is -2.61. The van der Waals surface area contributed by atoms with E-state index in [-0.39, 0.29) is 17.6 Å². The molecule has 0 aromatic rings. The topological polar surface area (TPSA) is 49.8 Å². The highest BCUT2D eigenvalue weighted by Crippen LogP contribution is 2.50. The first-order valence-corrected chi connectivity index (χ1v) is 7.36. The largest absolute Gasteiger partial charge is 0.481 e. The molecule has 2 fully saturated rings. The number of aliphatic carboxylic acids is 1. The van der Waals surface area contributed by atoms with E-state index in [2.05, 4.69) is 32.6 Å². The van der Waals surface area contributed by atoms with Crippen LogP contribution in [0.3, 0.4) is 0 Å². The van der Waals surface area contributed by atoms with E-state index in [0.29, 0.717) is 0 Å². The summed E-state index contributed by atoms with van der Waals surface area (Å²) in [5.74, 6) is -0.722. The maximum Gasteiger partial charge on any atom is 0.305 e. The van der Waals surface area contributed by atoms with Crippen molar-refractivity contribution in [3.05, 3.63) is 0 Å². The van der Waals surface area contributed by atoms with Crippen LogP contribution in [0.4, 0.5) is 0 Å². The lowest BCUT2D eigenvalue weighted by molar-refractivity contribution is -0.148. The molecule has 1 unspecified atom stereocenters. The standard InChI is InChI=1S/C15H27NO3/c1-13(2)11-15(10-12(17)18,14(3,4)19-13)16-8-6-5-7-9-16/h5-11H2,1-4H3,(H,17,18). The van der Waals surface area contributed by atoms with Crippen LogP contribution in [-0.2, 0) is 9.53 Å². The van der Waals surface area contributed by atoms with Gasteiger partial charge in [0, 0.05) is 0 Å². The number of rotatable bonds is 3. The number of carbonyl (C=O) groups is 1. The Morgan fingerprint density at radius 1 is 1.16 bits per heavy atom. The Bertz CT molecular complexity index is 358. The molecular weight excluding hydrogens is 242 g/mol. The first kappa shape index (κ1) is 14.8. The van der Waals surface area contributed by atoms with E-state index in [1.165, 1.54) is 6.42 Å². The van der Waals surface area contributed by atoms with E-state index in [4.69, 9.17) is 4.74 Å². The number of piperidine rings is 1. The van der Waals surface area contributed by atoms with Crippen LogP contribution in [0.1, 0.15) is 59.8 Å². The van der Waals surface area contributed by atoms with Crippen LogP contribution >= 0.6 is 0 Å². The third kappa shape index (κ3) is 2.65. The van der Waals surface area contributed by atoms with E-state index in [1.807, 2.05) is 0 Å². The third-order valence-corrected chi connectivity index (χ3v) is 4.78. The summed E-state index contributed by atoms with van der Waals surface area (Å²) in [6.07, 6.45) is 4.54. The summed E-state index contributed by atoms with van der Waals surface area (Å²) in [7, 11) is 0. The molecule has 0 saturated carbocycles. The molecule has 0 bridgehead atoms. The second-order valence-corrected chi connectivity index (χ2v) is 7.20. The molecule has 2 rings (SSSR count). The number of carboxylic acids is 1. The fourth-order valence-corrected chi connectivity index (χ4v) is 4.19. The molecule has 1 N–H and O–H groups in total. The SMILES string of the molecule is CC1(C)CC(CC(=O)O)(N2CCCCC2)C(C)(C)O1. The van der Waals surface area contributed by atoms with Gasteiger partial charge in [-0.1, -0.05) is 6.42 Å². The fourth-order valence-electron chi connectivity index (χ4n) is 4.19. The van der Waals surface area contributed by atoms with Crippen molar-refractivity contribution < 1.29 is 14.6 Å². The molecule has 2 heterocycles. The van der Waals surface area contributed by atoms with Crippen molar-refractivity contribution in [1.82, 2.24) is 4.90 Å². The number of hydrogen-bond acceptors (Lipinski definition) is 3. The molecule has 2 aliphatic rings. The van der Waals surface area contributed by atoms with E-state index in [1.54, 1.807) is 0 Å². The summed E-state index contributed by atoms with van der Waals surface area (Å²) < 4.78 is 6.20. The fraction of sp³-hybridized carbons (Fsp3) is 0.933. The van der Waals surface area contributed by atoms with Gasteiger partial charge >= 0.3 is 5.97 Å². The minimum atomic E-state index is -0.722. The Morgan fingerprint density at radius 3 is 2.16 bits per heavy atom. The van der Waals surface area contributed by atoms with E-state index in [9.17, 15) is 9.90 Å². The van der Waals surface area contributed by atoms with Crippen molar-refractivity contribution in [3.8, 4) is 0 Å². The van der Waals surface area contributed by atoms with Crippen molar-refractivity contribution in [2.24, 2.45) is 0 Å². The van der Waals surface area contributed by atoms with Crippen LogP contribution in [0, 0.1) is 0 Å². The van der Waals surface area contributed by atoms with Gasteiger partial charge in [0.1, 0.15) is 0 Å². The Labute approximate surface area is 116 Å². The highest BCUT2D eigenvalue weighted by molar-refractivity contribution is 5.69. The highest BCUT2D eigenvalue weighted by atomic mass is 16.5. The predicted octanol–water partition coefficient (Wildman–Crippen LogP) is 2.66. The van der Waals surface area contributed by atoms with Crippen molar-refractivity contribution in [1.29, 1.82) is 0 Å². The predicted molar refractivity (Wildman–Crippen MR) is 74.3 cm³/mol. The Hall–Kier alpha value is -0.610. The highest BCUT2D eigenvalue weighted by Gasteiger charge is 2.60. The van der Waals surface area contributed by atoms with Crippen LogP contribution in [0.2, 0.25) is 0 Å². The lowest BCUT2D eigenvalue weighted by atomic mass is 9.74. The number of hydrogen-bond donors (Lipinski definition) is 1. The van der Waals surface area contributed by atoms with Crippen molar-refractivity contribution >= 4 is 5.97 Å². The maximum absolute atomic E-state index is 11.4. The maximum atomic E-state index is 11.4. The summed E-state index contributed by atoms with van der Waals surface area (Å²) in [4.78, 5) is 13.8. The van der Waals surface area contributed by atoms with Crippen LogP contribution in [0.25, 0.3) is 0 Å². The molecule has 0 radical (unpaired) electrons. The van der Waals surface area contributed by atoms with Gasteiger partial charge in [-0.15, -0.1) is 0 Å². The molecule has 2 saturated heterocycles. The summed E-state index contributed by atoms with van der Waals surface area (Å²) in [5.41, 5.74) is -1.05. The number of carboxylic acid groups (broad SMARTS) is 1. The minimum Gasteiger partial charge on any atom is -0.481 e. The molecule has 0 amide bonds. The van der Waals surface area contributed by atoms with Gasteiger partial charge in [0.15, 0.2) is 0 Å². The zero-order valence-electron chi connectivity index (χ0n) is 12.7.